The molecule has 1 aromatic heterocycles. The summed E-state index contributed by atoms with van der Waals surface area (Å²) in [5.74, 6) is 0.854. The van der Waals surface area contributed by atoms with Crippen LogP contribution in [-0.4, -0.2) is 29.2 Å². The number of hydrogen-bond acceptors (Lipinski definition) is 4. The lowest BCUT2D eigenvalue weighted by Gasteiger charge is -2.32. The van der Waals surface area contributed by atoms with Gasteiger partial charge in [0.05, 0.1) is 11.6 Å². The van der Waals surface area contributed by atoms with E-state index in [1.54, 1.807) is 0 Å². The molecule has 0 spiro atoms. The first-order valence-electron chi connectivity index (χ1n) is 10.3. The molecule has 0 bridgehead atoms. The highest BCUT2D eigenvalue weighted by atomic mass is 16.1. The van der Waals surface area contributed by atoms with Crippen molar-refractivity contribution in [2.75, 3.05) is 23.3 Å². The van der Waals surface area contributed by atoms with Gasteiger partial charge in [0.2, 0.25) is 5.91 Å². The van der Waals surface area contributed by atoms with E-state index in [-0.39, 0.29) is 11.8 Å². The van der Waals surface area contributed by atoms with Gasteiger partial charge in [-0.3, -0.25) is 4.79 Å². The van der Waals surface area contributed by atoms with Crippen LogP contribution in [0.4, 0.5) is 11.5 Å². The van der Waals surface area contributed by atoms with Crippen molar-refractivity contribution in [2.24, 2.45) is 5.92 Å². The molecule has 0 aliphatic carbocycles. The first-order chi connectivity index (χ1) is 14.2. The molecular formula is C24H26N4O. The van der Waals surface area contributed by atoms with Gasteiger partial charge in [-0.1, -0.05) is 49.4 Å². The summed E-state index contributed by atoms with van der Waals surface area (Å²) in [4.78, 5) is 14.9. The van der Waals surface area contributed by atoms with E-state index in [9.17, 15) is 4.79 Å². The molecule has 1 fully saturated rings. The van der Waals surface area contributed by atoms with Gasteiger partial charge in [-0.2, -0.15) is 0 Å². The molecule has 1 aliphatic heterocycles. The minimum Gasteiger partial charge on any atom is -0.354 e. The lowest BCUT2D eigenvalue weighted by Crippen LogP contribution is -2.41. The topological polar surface area (TPSA) is 58.1 Å². The highest BCUT2D eigenvalue weighted by Gasteiger charge is 2.26. The Kier molecular flexibility index (Phi) is 5.84. The number of nitrogens with one attached hydrogen (secondary N) is 1. The predicted octanol–water partition coefficient (Wildman–Crippen LogP) is 4.56. The fraction of sp³-hybridized carbons (Fsp3) is 0.292. The van der Waals surface area contributed by atoms with Crippen LogP contribution >= 0.6 is 0 Å². The fourth-order valence-electron chi connectivity index (χ4n) is 3.72. The molecule has 2 aromatic carbocycles. The Morgan fingerprint density at radius 3 is 2.52 bits per heavy atom. The van der Waals surface area contributed by atoms with Crippen molar-refractivity contribution >= 4 is 17.4 Å². The van der Waals surface area contributed by atoms with Gasteiger partial charge < -0.3 is 10.2 Å². The molecule has 0 radical (unpaired) electrons. The van der Waals surface area contributed by atoms with Gasteiger partial charge in [0.1, 0.15) is 0 Å². The van der Waals surface area contributed by atoms with Gasteiger partial charge in [-0.05, 0) is 49.1 Å². The molecule has 1 atom stereocenters. The number of hydrogen-bond donors (Lipinski definition) is 1. The number of carbonyl (C=O) groups is 1. The summed E-state index contributed by atoms with van der Waals surface area (Å²) < 4.78 is 0. The maximum Gasteiger partial charge on any atom is 0.229 e. The summed E-state index contributed by atoms with van der Waals surface area (Å²) >= 11 is 0. The van der Waals surface area contributed by atoms with Gasteiger partial charge in [-0.15, -0.1) is 10.2 Å². The Hall–Kier alpha value is -3.21. The van der Waals surface area contributed by atoms with E-state index in [2.05, 4.69) is 39.5 Å². The molecule has 1 N–H and O–H groups in total. The number of carbonyl (C=O) groups excluding carboxylic acids is 1. The van der Waals surface area contributed by atoms with Crippen LogP contribution in [0.15, 0.2) is 66.7 Å². The van der Waals surface area contributed by atoms with Gasteiger partial charge in [-0.25, -0.2) is 0 Å². The van der Waals surface area contributed by atoms with E-state index >= 15 is 0 Å². The Balaban J connectivity index is 1.40. The molecule has 3 aromatic rings. The number of rotatable bonds is 5. The number of benzene rings is 2. The summed E-state index contributed by atoms with van der Waals surface area (Å²) in [5, 5.41) is 11.9. The molecule has 5 heteroatoms. The molecule has 4 rings (SSSR count). The van der Waals surface area contributed by atoms with E-state index < -0.39 is 0 Å². The summed E-state index contributed by atoms with van der Waals surface area (Å²) in [5.41, 5.74) is 4.04. The highest BCUT2D eigenvalue weighted by molar-refractivity contribution is 5.93. The summed E-state index contributed by atoms with van der Waals surface area (Å²) in [6.07, 6.45) is 2.86. The van der Waals surface area contributed by atoms with E-state index in [0.29, 0.717) is 6.54 Å². The van der Waals surface area contributed by atoms with Crippen LogP contribution in [0.5, 0.6) is 0 Å². The zero-order valence-electron chi connectivity index (χ0n) is 16.7. The molecule has 5 nitrogen and oxygen atoms in total. The van der Waals surface area contributed by atoms with Crippen molar-refractivity contribution < 1.29 is 4.79 Å². The fourth-order valence-corrected chi connectivity index (χ4v) is 3.72. The van der Waals surface area contributed by atoms with E-state index in [4.69, 9.17) is 0 Å². The van der Waals surface area contributed by atoms with Crippen molar-refractivity contribution in [2.45, 2.75) is 26.2 Å². The molecule has 1 aliphatic rings. The van der Waals surface area contributed by atoms with Crippen LogP contribution in [0.25, 0.3) is 11.3 Å². The monoisotopic (exact) mass is 386 g/mol. The zero-order valence-corrected chi connectivity index (χ0v) is 16.7. The maximum absolute atomic E-state index is 12.8. The van der Waals surface area contributed by atoms with Gasteiger partial charge in [0.25, 0.3) is 0 Å². The number of aromatic nitrogens is 2. The van der Waals surface area contributed by atoms with E-state index in [1.165, 1.54) is 5.56 Å². The van der Waals surface area contributed by atoms with Crippen LogP contribution in [0.2, 0.25) is 0 Å². The molecule has 1 amide bonds. The van der Waals surface area contributed by atoms with Gasteiger partial charge >= 0.3 is 0 Å². The van der Waals surface area contributed by atoms with Crippen LogP contribution in [0.3, 0.4) is 0 Å². The largest absolute Gasteiger partial charge is 0.354 e. The Labute approximate surface area is 171 Å². The molecule has 2 heterocycles. The van der Waals surface area contributed by atoms with Crippen molar-refractivity contribution in [3.05, 3.63) is 72.3 Å². The zero-order chi connectivity index (χ0) is 20.1. The SMILES string of the molecule is CCc1ccc(NC(=O)C2CCCN(c3ccc(-c4ccccc4)nn3)C2)cc1. The number of nitrogens with zero attached hydrogens (tertiary/aromatic N) is 3. The van der Waals surface area contributed by atoms with Crippen LogP contribution in [-0.2, 0) is 11.2 Å². The predicted molar refractivity (Wildman–Crippen MR) is 117 cm³/mol. The number of anilines is 2. The normalized spacial score (nSPS) is 16.4. The van der Waals surface area contributed by atoms with Gasteiger partial charge in [0.15, 0.2) is 5.82 Å². The molecule has 1 unspecified atom stereocenters. The van der Waals surface area contributed by atoms with Crippen LogP contribution in [0, 0.1) is 5.92 Å². The van der Waals surface area contributed by atoms with Crippen LogP contribution in [0.1, 0.15) is 25.3 Å². The number of amides is 1. The minimum atomic E-state index is -0.0507. The average molecular weight is 386 g/mol. The molecule has 29 heavy (non-hydrogen) atoms. The molecule has 0 saturated carbocycles. The standard InChI is InChI=1S/C24H26N4O/c1-2-18-10-12-21(13-11-18)25-24(29)20-9-6-16-28(17-20)23-15-14-22(26-27-23)19-7-4-3-5-8-19/h3-5,7-8,10-15,20H,2,6,9,16-17H2,1H3,(H,25,29). The molecule has 1 saturated heterocycles. The first-order valence-corrected chi connectivity index (χ1v) is 10.3. The third kappa shape index (κ3) is 4.62. The van der Waals surface area contributed by atoms with E-state index in [0.717, 1.165) is 48.6 Å². The summed E-state index contributed by atoms with van der Waals surface area (Å²) in [6, 6.07) is 22.1. The number of aryl methyl sites for hydroxylation is 1. The quantitative estimate of drug-likeness (QED) is 0.698. The van der Waals surface area contributed by atoms with Crippen molar-refractivity contribution in [3.8, 4) is 11.3 Å². The highest BCUT2D eigenvalue weighted by Crippen LogP contribution is 2.24. The number of piperidine rings is 1. The summed E-state index contributed by atoms with van der Waals surface area (Å²) in [7, 11) is 0. The Morgan fingerprint density at radius 2 is 1.83 bits per heavy atom. The third-order valence-corrected chi connectivity index (χ3v) is 5.47. The van der Waals surface area contributed by atoms with Gasteiger partial charge in [0, 0.05) is 24.3 Å². The van der Waals surface area contributed by atoms with Crippen LogP contribution < -0.4 is 10.2 Å². The Morgan fingerprint density at radius 1 is 1.03 bits per heavy atom. The van der Waals surface area contributed by atoms with E-state index in [1.807, 2.05) is 54.6 Å². The second-order valence-corrected chi connectivity index (χ2v) is 7.47. The lowest BCUT2D eigenvalue weighted by molar-refractivity contribution is -0.120. The van der Waals surface area contributed by atoms with Crippen molar-refractivity contribution in [1.82, 2.24) is 10.2 Å². The lowest BCUT2D eigenvalue weighted by atomic mass is 9.97. The smallest absolute Gasteiger partial charge is 0.229 e. The summed E-state index contributed by atoms with van der Waals surface area (Å²) in [6.45, 7) is 3.69. The Bertz CT molecular complexity index is 939. The average Bonchev–Trinajstić information content (AvgIpc) is 2.80. The maximum atomic E-state index is 12.8. The third-order valence-electron chi connectivity index (χ3n) is 5.47. The minimum absolute atomic E-state index is 0.0507. The molecule has 148 valence electrons. The second-order valence-electron chi connectivity index (χ2n) is 7.47. The van der Waals surface area contributed by atoms with Crippen molar-refractivity contribution in [3.63, 3.8) is 0 Å². The molecular weight excluding hydrogens is 360 g/mol. The van der Waals surface area contributed by atoms with Crippen molar-refractivity contribution in [1.29, 1.82) is 0 Å². The first kappa shape index (κ1) is 19.1. The second kappa shape index (κ2) is 8.86.